The lowest BCUT2D eigenvalue weighted by molar-refractivity contribution is -0.134. The van der Waals surface area contributed by atoms with Crippen LogP contribution >= 0.6 is 12.2 Å². The van der Waals surface area contributed by atoms with Gasteiger partial charge >= 0.3 is 0 Å². The van der Waals surface area contributed by atoms with Crippen molar-refractivity contribution in [2.24, 2.45) is 11.7 Å². The Labute approximate surface area is 90.6 Å². The van der Waals surface area contributed by atoms with Gasteiger partial charge in [0.1, 0.15) is 0 Å². The van der Waals surface area contributed by atoms with E-state index < -0.39 is 0 Å². The number of nitrogens with two attached hydrogens (primary N) is 1. The van der Waals surface area contributed by atoms with E-state index >= 15 is 0 Å². The SMILES string of the molecule is CCC(C(=O)N1CCCCC1)C(N)=S. The zero-order chi connectivity index (χ0) is 10.6. The fourth-order valence-electron chi connectivity index (χ4n) is 1.83. The van der Waals surface area contributed by atoms with Gasteiger partial charge in [-0.15, -0.1) is 0 Å². The summed E-state index contributed by atoms with van der Waals surface area (Å²) in [5, 5.41) is 0. The van der Waals surface area contributed by atoms with Gasteiger partial charge in [0, 0.05) is 13.1 Å². The second kappa shape index (κ2) is 5.29. The van der Waals surface area contributed by atoms with Gasteiger partial charge in [0.15, 0.2) is 0 Å². The van der Waals surface area contributed by atoms with E-state index in [1.807, 2.05) is 11.8 Å². The average Bonchev–Trinajstić information content (AvgIpc) is 2.19. The molecule has 3 nitrogen and oxygen atoms in total. The molecule has 0 bridgehead atoms. The molecule has 14 heavy (non-hydrogen) atoms. The quantitative estimate of drug-likeness (QED) is 0.721. The minimum atomic E-state index is -0.247. The lowest BCUT2D eigenvalue weighted by Gasteiger charge is -2.29. The van der Waals surface area contributed by atoms with Gasteiger partial charge < -0.3 is 10.6 Å². The Morgan fingerprint density at radius 2 is 2.00 bits per heavy atom. The molecule has 1 aliphatic rings. The molecule has 0 spiro atoms. The summed E-state index contributed by atoms with van der Waals surface area (Å²) in [6.45, 7) is 3.70. The van der Waals surface area contributed by atoms with Crippen molar-refractivity contribution >= 4 is 23.1 Å². The summed E-state index contributed by atoms with van der Waals surface area (Å²) >= 11 is 4.89. The molecule has 1 heterocycles. The number of carbonyl (C=O) groups is 1. The standard InChI is InChI=1S/C10H18N2OS/c1-2-8(9(11)14)10(13)12-6-4-3-5-7-12/h8H,2-7H2,1H3,(H2,11,14). The maximum atomic E-state index is 11.9. The first kappa shape index (κ1) is 11.4. The molecule has 1 saturated heterocycles. The topological polar surface area (TPSA) is 46.3 Å². The number of piperidine rings is 1. The Kier molecular flexibility index (Phi) is 4.32. The Morgan fingerprint density at radius 1 is 1.43 bits per heavy atom. The molecule has 80 valence electrons. The van der Waals surface area contributed by atoms with Crippen molar-refractivity contribution in [3.05, 3.63) is 0 Å². The summed E-state index contributed by atoms with van der Waals surface area (Å²) in [7, 11) is 0. The van der Waals surface area contributed by atoms with Crippen molar-refractivity contribution in [3.63, 3.8) is 0 Å². The van der Waals surface area contributed by atoms with E-state index in [4.69, 9.17) is 18.0 Å². The predicted octanol–water partition coefficient (Wildman–Crippen LogP) is 1.31. The minimum absolute atomic E-state index is 0.125. The van der Waals surface area contributed by atoms with E-state index in [-0.39, 0.29) is 11.8 Å². The van der Waals surface area contributed by atoms with Gasteiger partial charge in [0.2, 0.25) is 5.91 Å². The Balaban J connectivity index is 2.56. The summed E-state index contributed by atoms with van der Waals surface area (Å²) in [6, 6.07) is 0. The summed E-state index contributed by atoms with van der Waals surface area (Å²) in [5.74, 6) is -0.122. The van der Waals surface area contributed by atoms with Gasteiger partial charge in [-0.1, -0.05) is 19.1 Å². The molecule has 1 atom stereocenters. The number of amides is 1. The van der Waals surface area contributed by atoms with E-state index in [1.165, 1.54) is 6.42 Å². The van der Waals surface area contributed by atoms with Crippen molar-refractivity contribution in [1.82, 2.24) is 4.90 Å². The van der Waals surface area contributed by atoms with E-state index in [1.54, 1.807) is 0 Å². The van der Waals surface area contributed by atoms with Gasteiger partial charge in [-0.25, -0.2) is 0 Å². The van der Waals surface area contributed by atoms with E-state index in [9.17, 15) is 4.79 Å². The molecule has 1 aliphatic heterocycles. The molecule has 0 aliphatic carbocycles. The van der Waals surface area contributed by atoms with Crippen molar-refractivity contribution in [1.29, 1.82) is 0 Å². The van der Waals surface area contributed by atoms with E-state index in [2.05, 4.69) is 0 Å². The summed E-state index contributed by atoms with van der Waals surface area (Å²) < 4.78 is 0. The maximum absolute atomic E-state index is 11.9. The third-order valence-electron chi connectivity index (χ3n) is 2.72. The number of thiocarbonyl (C=S) groups is 1. The molecule has 0 saturated carbocycles. The molecule has 2 N–H and O–H groups in total. The van der Waals surface area contributed by atoms with Crippen LogP contribution in [0.2, 0.25) is 0 Å². The molecule has 1 amide bonds. The molecular formula is C10H18N2OS. The summed E-state index contributed by atoms with van der Waals surface area (Å²) in [6.07, 6.45) is 4.16. The summed E-state index contributed by atoms with van der Waals surface area (Å²) in [5.41, 5.74) is 5.54. The average molecular weight is 214 g/mol. The third kappa shape index (κ3) is 2.67. The third-order valence-corrected chi connectivity index (χ3v) is 3.00. The molecule has 0 aromatic carbocycles. The van der Waals surface area contributed by atoms with Crippen LogP contribution in [0.25, 0.3) is 0 Å². The Morgan fingerprint density at radius 3 is 2.43 bits per heavy atom. The van der Waals surface area contributed by atoms with Crippen LogP contribution in [0.5, 0.6) is 0 Å². The van der Waals surface area contributed by atoms with Gasteiger partial charge in [-0.2, -0.15) is 0 Å². The zero-order valence-corrected chi connectivity index (χ0v) is 9.48. The van der Waals surface area contributed by atoms with Crippen molar-refractivity contribution < 1.29 is 4.79 Å². The highest BCUT2D eigenvalue weighted by molar-refractivity contribution is 7.80. The van der Waals surface area contributed by atoms with E-state index in [0.29, 0.717) is 11.4 Å². The number of carbonyl (C=O) groups excluding carboxylic acids is 1. The molecule has 1 rings (SSSR count). The lowest BCUT2D eigenvalue weighted by Crippen LogP contribution is -2.43. The number of likely N-dealkylation sites (tertiary alicyclic amines) is 1. The number of hydrogen-bond donors (Lipinski definition) is 1. The van der Waals surface area contributed by atoms with Crippen molar-refractivity contribution in [3.8, 4) is 0 Å². The first-order valence-corrected chi connectivity index (χ1v) is 5.65. The van der Waals surface area contributed by atoms with Crippen LogP contribution < -0.4 is 5.73 Å². The minimum Gasteiger partial charge on any atom is -0.393 e. The molecular weight excluding hydrogens is 196 g/mol. The van der Waals surface area contributed by atoms with E-state index in [0.717, 1.165) is 25.9 Å². The van der Waals surface area contributed by atoms with Gasteiger partial charge in [0.25, 0.3) is 0 Å². The molecule has 0 aromatic heterocycles. The monoisotopic (exact) mass is 214 g/mol. The largest absolute Gasteiger partial charge is 0.393 e. The second-order valence-corrected chi connectivity index (χ2v) is 4.22. The molecule has 0 aromatic rings. The van der Waals surface area contributed by atoms with Crippen LogP contribution in [0.15, 0.2) is 0 Å². The van der Waals surface area contributed by atoms with Crippen LogP contribution in [-0.4, -0.2) is 28.9 Å². The number of hydrogen-bond acceptors (Lipinski definition) is 2. The maximum Gasteiger partial charge on any atom is 0.232 e. The number of rotatable bonds is 3. The van der Waals surface area contributed by atoms with Crippen LogP contribution in [0.4, 0.5) is 0 Å². The Hall–Kier alpha value is -0.640. The van der Waals surface area contributed by atoms with Gasteiger partial charge in [-0.05, 0) is 25.7 Å². The Bertz CT molecular complexity index is 224. The number of nitrogens with zero attached hydrogens (tertiary/aromatic N) is 1. The van der Waals surface area contributed by atoms with Crippen LogP contribution in [0.3, 0.4) is 0 Å². The van der Waals surface area contributed by atoms with Crippen molar-refractivity contribution in [2.75, 3.05) is 13.1 Å². The summed E-state index contributed by atoms with van der Waals surface area (Å²) in [4.78, 5) is 14.2. The lowest BCUT2D eigenvalue weighted by atomic mass is 10.0. The van der Waals surface area contributed by atoms with Crippen molar-refractivity contribution in [2.45, 2.75) is 32.6 Å². The second-order valence-electron chi connectivity index (χ2n) is 3.75. The first-order valence-electron chi connectivity index (χ1n) is 5.25. The van der Waals surface area contributed by atoms with Crippen LogP contribution in [-0.2, 0) is 4.79 Å². The molecule has 1 unspecified atom stereocenters. The smallest absolute Gasteiger partial charge is 0.232 e. The zero-order valence-electron chi connectivity index (χ0n) is 8.66. The van der Waals surface area contributed by atoms with Crippen LogP contribution in [0, 0.1) is 5.92 Å². The molecule has 4 heteroatoms. The fraction of sp³-hybridized carbons (Fsp3) is 0.800. The van der Waals surface area contributed by atoms with Gasteiger partial charge in [0.05, 0.1) is 10.9 Å². The molecule has 0 radical (unpaired) electrons. The molecule has 1 fully saturated rings. The predicted molar refractivity (Wildman–Crippen MR) is 61.0 cm³/mol. The van der Waals surface area contributed by atoms with Crippen LogP contribution in [0.1, 0.15) is 32.6 Å². The van der Waals surface area contributed by atoms with Gasteiger partial charge in [-0.3, -0.25) is 4.79 Å². The highest BCUT2D eigenvalue weighted by Crippen LogP contribution is 2.14. The first-order chi connectivity index (χ1) is 6.66. The highest BCUT2D eigenvalue weighted by atomic mass is 32.1. The fourth-order valence-corrected chi connectivity index (χ4v) is 2.10. The highest BCUT2D eigenvalue weighted by Gasteiger charge is 2.25. The normalized spacial score (nSPS) is 19.1.